The Morgan fingerprint density at radius 1 is 1.04 bits per heavy atom. The summed E-state index contributed by atoms with van der Waals surface area (Å²) in [5.41, 5.74) is 3.86. The Morgan fingerprint density at radius 3 is 2.46 bits per heavy atom. The molecule has 0 aliphatic rings. The molecule has 24 heavy (non-hydrogen) atoms. The van der Waals surface area contributed by atoms with Crippen LogP contribution in [0.25, 0.3) is 6.08 Å². The molecule has 0 spiro atoms. The summed E-state index contributed by atoms with van der Waals surface area (Å²) in [4.78, 5) is 0. The first-order valence-corrected chi connectivity index (χ1v) is 7.46. The average molecular weight is 318 g/mol. The molecular weight excluding hydrogens is 300 g/mol. The Labute approximate surface area is 142 Å². The summed E-state index contributed by atoms with van der Waals surface area (Å²) in [6, 6.07) is 15.2. The number of rotatable bonds is 5. The molecule has 0 aliphatic heterocycles. The molecule has 0 bridgehead atoms. The molecule has 0 amide bonds. The van der Waals surface area contributed by atoms with Crippen molar-refractivity contribution in [2.75, 3.05) is 7.11 Å². The second-order valence-corrected chi connectivity index (χ2v) is 5.41. The lowest BCUT2D eigenvalue weighted by Gasteiger charge is -2.13. The largest absolute Gasteiger partial charge is 0.496 e. The second kappa shape index (κ2) is 7.85. The summed E-state index contributed by atoms with van der Waals surface area (Å²) in [5, 5.41) is 17.8. The number of nitriles is 2. The number of allylic oxidation sites excluding steroid dienone is 1. The molecule has 2 rings (SSSR count). The van der Waals surface area contributed by atoms with E-state index in [1.54, 1.807) is 25.3 Å². The molecule has 4 heteroatoms. The van der Waals surface area contributed by atoms with Crippen LogP contribution in [0.1, 0.15) is 22.3 Å². The van der Waals surface area contributed by atoms with E-state index < -0.39 is 0 Å². The predicted octanol–water partition coefficient (Wildman–Crippen LogP) is 4.32. The Morgan fingerprint density at radius 2 is 1.79 bits per heavy atom. The smallest absolute Gasteiger partial charge is 0.130 e. The van der Waals surface area contributed by atoms with Crippen molar-refractivity contribution in [2.24, 2.45) is 0 Å². The number of aryl methyl sites for hydroxylation is 2. The first-order chi connectivity index (χ1) is 11.6. The highest BCUT2D eigenvalue weighted by Crippen LogP contribution is 2.25. The maximum atomic E-state index is 8.88. The Bertz CT molecular complexity index is 839. The maximum absolute atomic E-state index is 8.88. The van der Waals surface area contributed by atoms with Gasteiger partial charge in [-0.25, -0.2) is 0 Å². The summed E-state index contributed by atoms with van der Waals surface area (Å²) in [5.74, 6) is 1.53. The van der Waals surface area contributed by atoms with E-state index in [1.807, 2.05) is 50.3 Å². The number of nitrogens with zero attached hydrogens (tertiary/aromatic N) is 2. The van der Waals surface area contributed by atoms with Gasteiger partial charge in [0.2, 0.25) is 0 Å². The van der Waals surface area contributed by atoms with Crippen LogP contribution in [0.2, 0.25) is 0 Å². The van der Waals surface area contributed by atoms with Crippen LogP contribution in [0.5, 0.6) is 11.5 Å². The highest BCUT2D eigenvalue weighted by Gasteiger charge is 2.07. The van der Waals surface area contributed by atoms with Crippen LogP contribution in [0.4, 0.5) is 0 Å². The van der Waals surface area contributed by atoms with Crippen LogP contribution in [-0.4, -0.2) is 7.11 Å². The summed E-state index contributed by atoms with van der Waals surface area (Å²) in [7, 11) is 1.60. The third kappa shape index (κ3) is 4.15. The van der Waals surface area contributed by atoms with Gasteiger partial charge in [-0.2, -0.15) is 10.5 Å². The van der Waals surface area contributed by atoms with Gasteiger partial charge < -0.3 is 9.47 Å². The highest BCUT2D eigenvalue weighted by molar-refractivity contribution is 5.63. The van der Waals surface area contributed by atoms with Crippen molar-refractivity contribution < 1.29 is 9.47 Å². The van der Waals surface area contributed by atoms with E-state index in [2.05, 4.69) is 0 Å². The van der Waals surface area contributed by atoms with Gasteiger partial charge in [0.15, 0.2) is 0 Å². The van der Waals surface area contributed by atoms with E-state index in [0.717, 1.165) is 28.0 Å². The molecule has 0 saturated carbocycles. The molecule has 0 atom stereocenters. The first-order valence-electron chi connectivity index (χ1n) is 7.46. The molecule has 0 heterocycles. The van der Waals surface area contributed by atoms with Crippen molar-refractivity contribution >= 4 is 6.08 Å². The van der Waals surface area contributed by atoms with E-state index in [9.17, 15) is 0 Å². The normalized spacial score (nSPS) is 9.54. The molecule has 0 unspecified atom stereocenters. The van der Waals surface area contributed by atoms with Crippen LogP contribution >= 0.6 is 0 Å². The van der Waals surface area contributed by atoms with Crippen LogP contribution < -0.4 is 9.47 Å². The van der Waals surface area contributed by atoms with Gasteiger partial charge in [0.05, 0.1) is 7.11 Å². The Balaban J connectivity index is 2.28. The van der Waals surface area contributed by atoms with Gasteiger partial charge >= 0.3 is 0 Å². The zero-order chi connectivity index (χ0) is 17.5. The predicted molar refractivity (Wildman–Crippen MR) is 92.4 cm³/mol. The van der Waals surface area contributed by atoms with E-state index in [-0.39, 0.29) is 5.57 Å². The molecule has 2 aromatic carbocycles. The number of hydrogen-bond acceptors (Lipinski definition) is 4. The summed E-state index contributed by atoms with van der Waals surface area (Å²) in [6.07, 6.45) is 1.54. The minimum Gasteiger partial charge on any atom is -0.496 e. The van der Waals surface area contributed by atoms with E-state index in [1.165, 1.54) is 0 Å². The fraction of sp³-hybridized carbons (Fsp3) is 0.200. The Hall–Kier alpha value is -3.24. The number of benzene rings is 2. The lowest BCUT2D eigenvalue weighted by atomic mass is 10.1. The zero-order valence-electron chi connectivity index (χ0n) is 14.0. The lowest BCUT2D eigenvalue weighted by Crippen LogP contribution is -2.00. The van der Waals surface area contributed by atoms with Gasteiger partial charge in [-0.15, -0.1) is 0 Å². The molecule has 0 fully saturated rings. The molecule has 0 radical (unpaired) electrons. The quantitative estimate of drug-likeness (QED) is 0.770. The van der Waals surface area contributed by atoms with Crippen LogP contribution in [0, 0.1) is 36.5 Å². The Kier molecular flexibility index (Phi) is 5.60. The SMILES string of the molecule is COc1ccc(C=C(C#N)C#N)cc1COc1cc(C)ccc1C. The van der Waals surface area contributed by atoms with Crippen molar-refractivity contribution in [1.29, 1.82) is 10.5 Å². The van der Waals surface area contributed by atoms with Gasteiger partial charge in [0, 0.05) is 5.56 Å². The van der Waals surface area contributed by atoms with Gasteiger partial charge in [-0.1, -0.05) is 18.2 Å². The molecule has 0 N–H and O–H groups in total. The molecule has 0 aromatic heterocycles. The summed E-state index contributed by atoms with van der Waals surface area (Å²) >= 11 is 0. The fourth-order valence-electron chi connectivity index (χ4n) is 2.28. The van der Waals surface area contributed by atoms with Crippen LogP contribution in [0.3, 0.4) is 0 Å². The molecule has 2 aromatic rings. The van der Waals surface area contributed by atoms with E-state index in [0.29, 0.717) is 12.4 Å². The van der Waals surface area contributed by atoms with E-state index in [4.69, 9.17) is 20.0 Å². The maximum Gasteiger partial charge on any atom is 0.130 e. The van der Waals surface area contributed by atoms with Gasteiger partial charge in [0.1, 0.15) is 35.8 Å². The molecule has 120 valence electrons. The molecule has 0 saturated heterocycles. The number of hydrogen-bond donors (Lipinski definition) is 0. The topological polar surface area (TPSA) is 66.0 Å². The minimum atomic E-state index is 0.0570. The van der Waals surface area contributed by atoms with Crippen molar-refractivity contribution in [3.8, 4) is 23.6 Å². The zero-order valence-corrected chi connectivity index (χ0v) is 14.0. The van der Waals surface area contributed by atoms with Crippen LogP contribution in [-0.2, 0) is 6.61 Å². The van der Waals surface area contributed by atoms with Gasteiger partial charge in [-0.05, 0) is 54.8 Å². The van der Waals surface area contributed by atoms with Crippen molar-refractivity contribution in [3.63, 3.8) is 0 Å². The third-order valence-corrected chi connectivity index (χ3v) is 3.58. The molecule has 4 nitrogen and oxygen atoms in total. The molecule has 0 aliphatic carbocycles. The lowest BCUT2D eigenvalue weighted by molar-refractivity contribution is 0.294. The highest BCUT2D eigenvalue weighted by atomic mass is 16.5. The first kappa shape index (κ1) is 17.1. The van der Waals surface area contributed by atoms with Crippen molar-refractivity contribution in [3.05, 3.63) is 64.2 Å². The van der Waals surface area contributed by atoms with Crippen molar-refractivity contribution in [1.82, 2.24) is 0 Å². The number of methoxy groups -OCH3 is 1. The average Bonchev–Trinajstić information content (AvgIpc) is 2.60. The monoisotopic (exact) mass is 318 g/mol. The van der Waals surface area contributed by atoms with E-state index >= 15 is 0 Å². The third-order valence-electron chi connectivity index (χ3n) is 3.58. The van der Waals surface area contributed by atoms with Gasteiger partial charge in [0.25, 0.3) is 0 Å². The van der Waals surface area contributed by atoms with Crippen molar-refractivity contribution in [2.45, 2.75) is 20.5 Å². The van der Waals surface area contributed by atoms with Gasteiger partial charge in [-0.3, -0.25) is 0 Å². The standard InChI is InChI=1S/C20H18N2O2/c1-14-4-5-15(2)20(8-14)24-13-18-10-16(6-7-19(18)23-3)9-17(11-21)12-22/h4-10H,13H2,1-3H3. The minimum absolute atomic E-state index is 0.0570. The second-order valence-electron chi connectivity index (χ2n) is 5.41. The fourth-order valence-corrected chi connectivity index (χ4v) is 2.28. The number of ether oxygens (including phenoxy) is 2. The van der Waals surface area contributed by atoms with Crippen LogP contribution in [0.15, 0.2) is 42.0 Å². The summed E-state index contributed by atoms with van der Waals surface area (Å²) in [6.45, 7) is 4.35. The molecular formula is C20H18N2O2. The summed E-state index contributed by atoms with van der Waals surface area (Å²) < 4.78 is 11.3.